The summed E-state index contributed by atoms with van der Waals surface area (Å²) in [5, 5.41) is 0. The maximum absolute atomic E-state index is 5.63. The first-order valence-corrected chi connectivity index (χ1v) is 15.8. The fraction of sp³-hybridized carbons (Fsp3) is 0.222. The number of hydrogen-bond donors (Lipinski definition) is 0. The molecule has 0 N–H and O–H groups in total. The van der Waals surface area contributed by atoms with Crippen LogP contribution < -0.4 is 0 Å². The molecule has 2 nitrogen and oxygen atoms in total. The molecule has 4 unspecified atom stereocenters. The van der Waals surface area contributed by atoms with Crippen molar-refractivity contribution in [2.45, 2.75) is 37.0 Å². The van der Waals surface area contributed by atoms with Gasteiger partial charge in [-0.15, -0.1) is 0 Å². The van der Waals surface area contributed by atoms with Crippen LogP contribution in [0, 0.1) is 0 Å². The number of rotatable bonds is 4. The van der Waals surface area contributed by atoms with Crippen molar-refractivity contribution in [3.8, 4) is 0 Å². The third-order valence-electron chi connectivity index (χ3n) is 8.20. The van der Waals surface area contributed by atoms with Crippen molar-refractivity contribution in [2.24, 2.45) is 0 Å². The first-order valence-electron chi connectivity index (χ1n) is 14.1. The molecule has 0 radical (unpaired) electrons. The molecule has 0 aromatic heterocycles. The van der Waals surface area contributed by atoms with Gasteiger partial charge in [-0.05, 0) is 49.2 Å². The molecule has 2 heterocycles. The van der Waals surface area contributed by atoms with Crippen molar-refractivity contribution in [1.29, 1.82) is 0 Å². The zero-order valence-corrected chi connectivity index (χ0v) is 28.4. The number of benzene rings is 4. The number of likely N-dealkylation sites (N-methyl/N-ethyl adjacent to an activating group) is 2. The molecule has 0 bridgehead atoms. The van der Waals surface area contributed by atoms with E-state index >= 15 is 0 Å². The van der Waals surface area contributed by atoms with E-state index in [2.05, 4.69) is 121 Å². The minimum Gasteiger partial charge on any atom is -0.785 e. The van der Waals surface area contributed by atoms with Gasteiger partial charge in [0.25, 0.3) is 0 Å². The van der Waals surface area contributed by atoms with Gasteiger partial charge in [0.2, 0.25) is 0 Å². The van der Waals surface area contributed by atoms with Crippen LogP contribution in [0.5, 0.6) is 0 Å². The maximum atomic E-state index is 5.63. The molecule has 4 atom stereocenters. The zero-order chi connectivity index (χ0) is 29.6. The SMILES string of the molecule is CN1C(c2ccccc2)CC([S-])=C([S-])C1c1ccccc1.CN1C(c2ccccc2)CC([S-])=C([S-])C1c1ccccc1.[Ni]. The molecular weight excluding hydrogens is 647 g/mol. The van der Waals surface area contributed by atoms with Crippen LogP contribution in [0.15, 0.2) is 141 Å². The molecule has 2 aliphatic rings. The van der Waals surface area contributed by atoms with E-state index in [0.717, 1.165) is 32.5 Å². The van der Waals surface area contributed by atoms with Crippen LogP contribution in [0.1, 0.15) is 59.3 Å². The molecule has 6 rings (SSSR count). The van der Waals surface area contributed by atoms with Gasteiger partial charge in [0, 0.05) is 40.7 Å². The Balaban J connectivity index is 0.000000192. The smallest absolute Gasteiger partial charge is 0.0373 e. The summed E-state index contributed by atoms with van der Waals surface area (Å²) in [7, 11) is 4.28. The average molecular weight is 682 g/mol. The van der Waals surface area contributed by atoms with Crippen molar-refractivity contribution in [2.75, 3.05) is 14.1 Å². The largest absolute Gasteiger partial charge is 0.785 e. The van der Waals surface area contributed by atoms with Gasteiger partial charge in [0.15, 0.2) is 0 Å². The van der Waals surface area contributed by atoms with Crippen molar-refractivity contribution in [1.82, 2.24) is 9.80 Å². The van der Waals surface area contributed by atoms with Crippen molar-refractivity contribution >= 4 is 50.5 Å². The summed E-state index contributed by atoms with van der Waals surface area (Å²) < 4.78 is 0. The van der Waals surface area contributed by atoms with E-state index in [1.807, 2.05) is 24.3 Å². The predicted molar refractivity (Wildman–Crippen MR) is 185 cm³/mol. The Labute approximate surface area is 289 Å². The second kappa shape index (κ2) is 15.6. The van der Waals surface area contributed by atoms with Crippen LogP contribution in [-0.4, -0.2) is 23.9 Å². The third-order valence-corrected chi connectivity index (χ3v) is 10.2. The second-order valence-electron chi connectivity index (χ2n) is 10.8. The van der Waals surface area contributed by atoms with E-state index in [-0.39, 0.29) is 40.7 Å². The normalized spacial score (nSPS) is 22.7. The topological polar surface area (TPSA) is 6.48 Å². The quantitative estimate of drug-likeness (QED) is 0.157. The van der Waals surface area contributed by atoms with Gasteiger partial charge in [0.1, 0.15) is 0 Å². The molecule has 0 aliphatic carbocycles. The van der Waals surface area contributed by atoms with Gasteiger partial charge in [-0.25, -0.2) is 9.81 Å². The Bertz CT molecular complexity index is 1400. The molecule has 4 aromatic carbocycles. The molecule has 226 valence electrons. The van der Waals surface area contributed by atoms with Crippen LogP contribution in [0.3, 0.4) is 0 Å². The van der Waals surface area contributed by atoms with Crippen LogP contribution in [-0.2, 0) is 67.0 Å². The Morgan fingerprint density at radius 1 is 0.442 bits per heavy atom. The summed E-state index contributed by atoms with van der Waals surface area (Å²) in [5.74, 6) is 0. The predicted octanol–water partition coefficient (Wildman–Crippen LogP) is 8.22. The van der Waals surface area contributed by atoms with E-state index in [4.69, 9.17) is 50.5 Å². The van der Waals surface area contributed by atoms with Gasteiger partial charge < -0.3 is 50.5 Å². The summed E-state index contributed by atoms with van der Waals surface area (Å²) in [4.78, 5) is 8.33. The fourth-order valence-corrected chi connectivity index (χ4v) is 7.29. The van der Waals surface area contributed by atoms with Crippen molar-refractivity contribution < 1.29 is 16.5 Å². The van der Waals surface area contributed by atoms with Gasteiger partial charge in [-0.3, -0.25) is 9.80 Å². The van der Waals surface area contributed by atoms with Gasteiger partial charge >= 0.3 is 0 Å². The first kappa shape index (κ1) is 33.5. The molecule has 0 fully saturated rings. The van der Waals surface area contributed by atoms with Crippen LogP contribution in [0.25, 0.3) is 0 Å². The summed E-state index contributed by atoms with van der Waals surface area (Å²) in [6, 6.07) is 42.6. The van der Waals surface area contributed by atoms with E-state index in [1.165, 1.54) is 22.3 Å². The minimum absolute atomic E-state index is 0. The molecular formula is C36H34N2NiS4-4. The maximum Gasteiger partial charge on any atom is 0.0373 e. The average Bonchev–Trinajstić information content (AvgIpc) is 3.03. The van der Waals surface area contributed by atoms with Gasteiger partial charge in [-0.1, -0.05) is 121 Å². The third kappa shape index (κ3) is 7.66. The molecule has 7 heteroatoms. The Kier molecular flexibility index (Phi) is 12.2. The second-order valence-corrected chi connectivity index (χ2v) is 12.7. The summed E-state index contributed by atoms with van der Waals surface area (Å²) in [5.41, 5.74) is 5.03. The Morgan fingerprint density at radius 3 is 0.977 bits per heavy atom. The van der Waals surface area contributed by atoms with E-state index in [1.54, 1.807) is 0 Å². The van der Waals surface area contributed by atoms with Gasteiger partial charge in [0.05, 0.1) is 0 Å². The molecule has 0 saturated carbocycles. The molecule has 43 heavy (non-hydrogen) atoms. The molecule has 0 amide bonds. The first-order chi connectivity index (χ1) is 20.4. The van der Waals surface area contributed by atoms with E-state index in [0.29, 0.717) is 0 Å². The standard InChI is InChI=1S/2C18H19NS2.Ni/c2*1-19-15(13-8-4-2-5-9-13)12-16(20)18(21)17(19)14-10-6-3-7-11-14;/h2*2-11,15,17,20-21H,12H2,1H3;/p-4. The van der Waals surface area contributed by atoms with Crippen LogP contribution in [0.2, 0.25) is 0 Å². The molecule has 0 spiro atoms. The minimum atomic E-state index is 0. The molecule has 2 aliphatic heterocycles. The Hall–Kier alpha value is -2.35. The number of hydrogen-bond acceptors (Lipinski definition) is 6. The van der Waals surface area contributed by atoms with E-state index < -0.39 is 0 Å². The summed E-state index contributed by atoms with van der Waals surface area (Å²) in [6.45, 7) is 0. The van der Waals surface area contributed by atoms with Crippen LogP contribution in [0.4, 0.5) is 0 Å². The van der Waals surface area contributed by atoms with Crippen LogP contribution >= 0.6 is 0 Å². The summed E-state index contributed by atoms with van der Waals surface area (Å²) in [6.07, 6.45) is 1.66. The molecule has 4 aromatic rings. The fourth-order valence-electron chi connectivity index (χ4n) is 5.98. The Morgan fingerprint density at radius 2 is 0.698 bits per heavy atom. The number of nitrogens with zero attached hydrogens (tertiary/aromatic N) is 2. The summed E-state index contributed by atoms with van der Waals surface area (Å²) >= 11 is 22.4. The monoisotopic (exact) mass is 680 g/mol. The molecule has 0 saturated heterocycles. The van der Waals surface area contributed by atoms with Crippen molar-refractivity contribution in [3.63, 3.8) is 0 Å². The van der Waals surface area contributed by atoms with Gasteiger partial charge in [-0.2, -0.15) is 9.81 Å². The van der Waals surface area contributed by atoms with Crippen molar-refractivity contribution in [3.05, 3.63) is 163 Å². The zero-order valence-electron chi connectivity index (χ0n) is 24.1. The van der Waals surface area contributed by atoms with E-state index in [9.17, 15) is 0 Å².